The second kappa shape index (κ2) is 8.05. The standard InChI is InChI=1S/C13H26O/c1-11(2)13(4)9-7-5-6-8-12(3)10-14/h6,8,11-14H,5,7,9-10H2,1-4H3. The van der Waals surface area contributed by atoms with Crippen molar-refractivity contribution in [3.63, 3.8) is 0 Å². The van der Waals surface area contributed by atoms with Crippen LogP contribution >= 0.6 is 0 Å². The molecule has 1 N–H and O–H groups in total. The number of hydrogen-bond donors (Lipinski definition) is 1. The fourth-order valence-electron chi connectivity index (χ4n) is 1.28. The summed E-state index contributed by atoms with van der Waals surface area (Å²) in [6, 6.07) is 0. The Morgan fingerprint density at radius 1 is 1.14 bits per heavy atom. The molecule has 0 rings (SSSR count). The summed E-state index contributed by atoms with van der Waals surface area (Å²) in [5.41, 5.74) is 0. The summed E-state index contributed by atoms with van der Waals surface area (Å²) in [4.78, 5) is 0. The number of rotatable bonds is 7. The van der Waals surface area contributed by atoms with Crippen molar-refractivity contribution in [2.75, 3.05) is 6.61 Å². The van der Waals surface area contributed by atoms with E-state index in [1.807, 2.05) is 6.92 Å². The average Bonchev–Trinajstić information content (AvgIpc) is 2.16. The number of aliphatic hydroxyl groups excluding tert-OH is 1. The molecule has 2 atom stereocenters. The van der Waals surface area contributed by atoms with Crippen LogP contribution in [0.3, 0.4) is 0 Å². The average molecular weight is 198 g/mol. The molecule has 0 saturated heterocycles. The van der Waals surface area contributed by atoms with Gasteiger partial charge in [-0.1, -0.05) is 46.3 Å². The molecule has 0 aliphatic heterocycles. The lowest BCUT2D eigenvalue weighted by molar-refractivity contribution is 0.261. The molecule has 0 fully saturated rings. The summed E-state index contributed by atoms with van der Waals surface area (Å²) in [5.74, 6) is 1.95. The quantitative estimate of drug-likeness (QED) is 0.489. The van der Waals surface area contributed by atoms with Gasteiger partial charge in [0.25, 0.3) is 0 Å². The molecular weight excluding hydrogens is 172 g/mol. The third-order valence-electron chi connectivity index (χ3n) is 2.92. The molecule has 0 saturated carbocycles. The van der Waals surface area contributed by atoms with Gasteiger partial charge in [0.05, 0.1) is 0 Å². The molecule has 0 aliphatic carbocycles. The number of unbranched alkanes of at least 4 members (excludes halogenated alkanes) is 1. The Bertz CT molecular complexity index is 149. The number of hydrogen-bond acceptors (Lipinski definition) is 1. The largest absolute Gasteiger partial charge is 0.396 e. The van der Waals surface area contributed by atoms with Crippen molar-refractivity contribution in [2.24, 2.45) is 17.8 Å². The van der Waals surface area contributed by atoms with E-state index in [1.165, 1.54) is 12.8 Å². The van der Waals surface area contributed by atoms with Crippen LogP contribution in [-0.4, -0.2) is 11.7 Å². The molecule has 84 valence electrons. The molecule has 0 radical (unpaired) electrons. The highest BCUT2D eigenvalue weighted by molar-refractivity contribution is 4.86. The van der Waals surface area contributed by atoms with Crippen molar-refractivity contribution < 1.29 is 5.11 Å². The fourth-order valence-corrected chi connectivity index (χ4v) is 1.28. The van der Waals surface area contributed by atoms with Crippen LogP contribution in [0.2, 0.25) is 0 Å². The zero-order valence-corrected chi connectivity index (χ0v) is 10.2. The molecule has 1 heteroatoms. The molecular formula is C13H26O. The van der Waals surface area contributed by atoms with Crippen molar-refractivity contribution in [1.29, 1.82) is 0 Å². The van der Waals surface area contributed by atoms with Gasteiger partial charge in [0, 0.05) is 6.61 Å². The van der Waals surface area contributed by atoms with Crippen LogP contribution in [0.1, 0.15) is 47.0 Å². The van der Waals surface area contributed by atoms with Crippen molar-refractivity contribution in [2.45, 2.75) is 47.0 Å². The predicted octanol–water partition coefficient (Wildman–Crippen LogP) is 3.63. The summed E-state index contributed by atoms with van der Waals surface area (Å²) >= 11 is 0. The first-order valence-electron chi connectivity index (χ1n) is 5.85. The Morgan fingerprint density at radius 3 is 2.29 bits per heavy atom. The monoisotopic (exact) mass is 198 g/mol. The molecule has 2 unspecified atom stereocenters. The van der Waals surface area contributed by atoms with Crippen LogP contribution in [0.15, 0.2) is 12.2 Å². The van der Waals surface area contributed by atoms with Crippen LogP contribution in [0, 0.1) is 17.8 Å². The van der Waals surface area contributed by atoms with Gasteiger partial charge in [-0.25, -0.2) is 0 Å². The maximum Gasteiger partial charge on any atom is 0.0491 e. The highest BCUT2D eigenvalue weighted by Gasteiger charge is 2.05. The van der Waals surface area contributed by atoms with Crippen molar-refractivity contribution in [1.82, 2.24) is 0 Å². The SMILES string of the molecule is CC(C=CCCCC(C)C(C)C)CO. The van der Waals surface area contributed by atoms with Crippen LogP contribution in [-0.2, 0) is 0 Å². The second-order valence-corrected chi connectivity index (χ2v) is 4.74. The summed E-state index contributed by atoms with van der Waals surface area (Å²) < 4.78 is 0. The van der Waals surface area contributed by atoms with Crippen LogP contribution < -0.4 is 0 Å². The van der Waals surface area contributed by atoms with Gasteiger partial charge in [0.2, 0.25) is 0 Å². The summed E-state index contributed by atoms with van der Waals surface area (Å²) in [5, 5.41) is 8.80. The molecule has 0 aliphatic rings. The van der Waals surface area contributed by atoms with Crippen LogP contribution in [0.25, 0.3) is 0 Å². The van der Waals surface area contributed by atoms with Crippen LogP contribution in [0.5, 0.6) is 0 Å². The zero-order valence-electron chi connectivity index (χ0n) is 10.2. The lowest BCUT2D eigenvalue weighted by Crippen LogP contribution is -2.03. The Balaban J connectivity index is 3.42. The summed E-state index contributed by atoms with van der Waals surface area (Å²) in [6.45, 7) is 9.19. The Labute approximate surface area is 89.2 Å². The van der Waals surface area contributed by atoms with E-state index in [1.54, 1.807) is 0 Å². The minimum Gasteiger partial charge on any atom is -0.396 e. The smallest absolute Gasteiger partial charge is 0.0491 e. The predicted molar refractivity (Wildman–Crippen MR) is 63.2 cm³/mol. The Hall–Kier alpha value is -0.300. The lowest BCUT2D eigenvalue weighted by atomic mass is 9.92. The first-order chi connectivity index (χ1) is 6.57. The van der Waals surface area contributed by atoms with Crippen molar-refractivity contribution >= 4 is 0 Å². The third-order valence-corrected chi connectivity index (χ3v) is 2.92. The van der Waals surface area contributed by atoms with E-state index in [4.69, 9.17) is 5.11 Å². The highest BCUT2D eigenvalue weighted by Crippen LogP contribution is 2.17. The van der Waals surface area contributed by atoms with Gasteiger partial charge in [-0.05, 0) is 30.6 Å². The summed E-state index contributed by atoms with van der Waals surface area (Å²) in [6.07, 6.45) is 8.05. The molecule has 14 heavy (non-hydrogen) atoms. The van der Waals surface area contributed by atoms with E-state index in [-0.39, 0.29) is 6.61 Å². The third kappa shape index (κ3) is 7.14. The van der Waals surface area contributed by atoms with Crippen LogP contribution in [0.4, 0.5) is 0 Å². The van der Waals surface area contributed by atoms with Gasteiger partial charge in [-0.2, -0.15) is 0 Å². The molecule has 1 nitrogen and oxygen atoms in total. The molecule has 0 aromatic heterocycles. The van der Waals surface area contributed by atoms with E-state index in [9.17, 15) is 0 Å². The maximum atomic E-state index is 8.80. The van der Waals surface area contributed by atoms with Gasteiger partial charge >= 0.3 is 0 Å². The highest BCUT2D eigenvalue weighted by atomic mass is 16.3. The molecule has 0 spiro atoms. The van der Waals surface area contributed by atoms with Gasteiger partial charge < -0.3 is 5.11 Å². The van der Waals surface area contributed by atoms with Gasteiger partial charge in [0.1, 0.15) is 0 Å². The Kier molecular flexibility index (Phi) is 7.87. The van der Waals surface area contributed by atoms with Gasteiger partial charge in [-0.15, -0.1) is 0 Å². The second-order valence-electron chi connectivity index (χ2n) is 4.74. The molecule has 0 heterocycles. The first-order valence-corrected chi connectivity index (χ1v) is 5.85. The van der Waals surface area contributed by atoms with E-state index >= 15 is 0 Å². The van der Waals surface area contributed by atoms with Gasteiger partial charge in [-0.3, -0.25) is 0 Å². The molecule has 0 aromatic carbocycles. The van der Waals surface area contributed by atoms with E-state index in [2.05, 4.69) is 32.9 Å². The fraction of sp³-hybridized carbons (Fsp3) is 0.846. The molecule has 0 aromatic rings. The number of aliphatic hydroxyl groups is 1. The molecule has 0 bridgehead atoms. The van der Waals surface area contributed by atoms with E-state index in [0.29, 0.717) is 5.92 Å². The van der Waals surface area contributed by atoms with Crippen molar-refractivity contribution in [3.8, 4) is 0 Å². The first kappa shape index (κ1) is 13.7. The zero-order chi connectivity index (χ0) is 11.0. The maximum absolute atomic E-state index is 8.80. The topological polar surface area (TPSA) is 20.2 Å². The normalized spacial score (nSPS) is 16.4. The summed E-state index contributed by atoms with van der Waals surface area (Å²) in [7, 11) is 0. The van der Waals surface area contributed by atoms with Gasteiger partial charge in [0.15, 0.2) is 0 Å². The van der Waals surface area contributed by atoms with E-state index < -0.39 is 0 Å². The van der Waals surface area contributed by atoms with Crippen molar-refractivity contribution in [3.05, 3.63) is 12.2 Å². The molecule has 0 amide bonds. The Morgan fingerprint density at radius 2 is 1.79 bits per heavy atom. The van der Waals surface area contributed by atoms with E-state index in [0.717, 1.165) is 18.3 Å². The minimum absolute atomic E-state index is 0.263. The number of allylic oxidation sites excluding steroid dienone is 1. The minimum atomic E-state index is 0.263. The lowest BCUT2D eigenvalue weighted by Gasteiger charge is -2.14.